The number of fused-ring (bicyclic) bond motifs is 10. The van der Waals surface area contributed by atoms with Crippen LogP contribution in [0.2, 0.25) is 22.3 Å². The third kappa shape index (κ3) is 6.53. The van der Waals surface area contributed by atoms with Crippen molar-refractivity contribution in [3.8, 4) is 0 Å². The second-order valence-corrected chi connectivity index (χ2v) is 33.0. The molecule has 0 aliphatic heterocycles. The molecule has 0 bridgehead atoms. The van der Waals surface area contributed by atoms with Crippen LogP contribution in [-0.4, -0.2) is 32.0 Å². The van der Waals surface area contributed by atoms with E-state index >= 15 is 0 Å². The number of pyridine rings is 4. The molecule has 6 aromatic heterocycles. The van der Waals surface area contributed by atoms with Gasteiger partial charge in [0.25, 0.3) is 0 Å². The number of nitrogens with zero attached hydrogens (tertiary/aromatic N) is 4. The number of aryl methyl sites for hydroxylation is 2. The van der Waals surface area contributed by atoms with Crippen molar-refractivity contribution in [2.24, 2.45) is 10.8 Å². The molecule has 0 atom stereocenters. The summed E-state index contributed by atoms with van der Waals surface area (Å²) in [4.78, 5) is 9.74. The number of aromatic nitrogens is 4. The van der Waals surface area contributed by atoms with Crippen molar-refractivity contribution >= 4 is 127 Å². The van der Waals surface area contributed by atoms with E-state index in [0.717, 1.165) is 39.8 Å². The topological polar surface area (TPSA) is 34.6 Å². The Balaban J connectivity index is 0.000000142. The van der Waals surface area contributed by atoms with Crippen molar-refractivity contribution in [2.45, 2.75) is 85.5 Å². The van der Waals surface area contributed by atoms with Gasteiger partial charge >= 0.3 is 199 Å². The van der Waals surface area contributed by atoms with E-state index < -0.39 is 13.3 Å². The SMILES string of the molecule is Cc1cc2c3ccc(CC(C)(C)C)cc3n3c4c[c]([Ge]([CH3])([CH3])[CH3])cc5ccnc(c(c1)c23)c54.Cc1cc2c3ccc(CC(C)(C)C)cc3n3c4cc(Cl)cc5ccnc(c(c1)c23)c54. The predicted octanol–water partition coefficient (Wildman–Crippen LogP) is 15.8. The Kier molecular flexibility index (Phi) is 8.83. The number of benzene rings is 6. The first kappa shape index (κ1) is 40.4. The van der Waals surface area contributed by atoms with Crippen molar-refractivity contribution in [3.63, 3.8) is 0 Å². The van der Waals surface area contributed by atoms with Gasteiger partial charge in [0.2, 0.25) is 0 Å². The average molecular weight is 904 g/mol. The summed E-state index contributed by atoms with van der Waals surface area (Å²) >= 11 is 4.52. The molecule has 0 spiro atoms. The molecule has 63 heavy (non-hydrogen) atoms. The van der Waals surface area contributed by atoms with E-state index in [9.17, 15) is 0 Å². The van der Waals surface area contributed by atoms with Crippen LogP contribution in [0.3, 0.4) is 0 Å². The van der Waals surface area contributed by atoms with Gasteiger partial charge in [0.05, 0.1) is 22.1 Å². The Morgan fingerprint density at radius 3 is 1.40 bits per heavy atom. The zero-order valence-corrected chi connectivity index (χ0v) is 41.3. The van der Waals surface area contributed by atoms with Gasteiger partial charge in [-0.3, -0.25) is 4.98 Å². The first-order valence-corrected chi connectivity index (χ1v) is 30.2. The number of hydrogen-bond acceptors (Lipinski definition) is 2. The van der Waals surface area contributed by atoms with Gasteiger partial charge in [-0.25, -0.2) is 0 Å². The van der Waals surface area contributed by atoms with Crippen LogP contribution in [-0.2, 0) is 12.8 Å². The molecule has 6 heteroatoms. The third-order valence-electron chi connectivity index (χ3n) is 13.1. The molecule has 0 unspecified atom stereocenters. The van der Waals surface area contributed by atoms with Gasteiger partial charge in [0, 0.05) is 32.8 Å². The number of hydrogen-bond donors (Lipinski definition) is 0. The fraction of sp³-hybridized carbons (Fsp3) is 0.263. The molecule has 12 rings (SSSR count). The Hall–Kier alpha value is -5.43. The molecular weight excluding hydrogens is 849 g/mol. The number of rotatable bonds is 3. The quantitative estimate of drug-likeness (QED) is 0.101. The van der Waals surface area contributed by atoms with Crippen LogP contribution in [0.1, 0.15) is 63.8 Å². The minimum absolute atomic E-state index is 0.239. The Bertz CT molecular complexity index is 3830. The van der Waals surface area contributed by atoms with Gasteiger partial charge < -0.3 is 4.40 Å². The van der Waals surface area contributed by atoms with Crippen molar-refractivity contribution in [1.29, 1.82) is 0 Å². The normalized spacial score (nSPS) is 13.2. The molecule has 0 fully saturated rings. The molecule has 0 aliphatic rings. The molecule has 0 saturated carbocycles. The fourth-order valence-corrected chi connectivity index (χ4v) is 13.4. The van der Waals surface area contributed by atoms with Crippen LogP contribution in [0, 0.1) is 24.7 Å². The maximum Gasteiger partial charge on any atom is 0.0822 e. The minimum atomic E-state index is -2.05. The summed E-state index contributed by atoms with van der Waals surface area (Å²) in [5.74, 6) is 7.46. The van der Waals surface area contributed by atoms with Crippen LogP contribution in [0.25, 0.3) is 98.0 Å². The van der Waals surface area contributed by atoms with Gasteiger partial charge in [-0.15, -0.1) is 0 Å². The number of halogens is 1. The van der Waals surface area contributed by atoms with E-state index in [1.165, 1.54) is 98.3 Å². The van der Waals surface area contributed by atoms with E-state index in [2.05, 4.69) is 172 Å². The Morgan fingerprint density at radius 1 is 0.492 bits per heavy atom. The predicted molar refractivity (Wildman–Crippen MR) is 277 cm³/mol. The summed E-state index contributed by atoms with van der Waals surface area (Å²) in [7, 11) is 0. The maximum absolute atomic E-state index is 6.57. The summed E-state index contributed by atoms with van der Waals surface area (Å²) in [5.41, 5.74) is 15.6. The zero-order valence-electron chi connectivity index (χ0n) is 38.5. The van der Waals surface area contributed by atoms with E-state index in [1.54, 1.807) is 4.40 Å². The second-order valence-electron chi connectivity index (χ2n) is 22.0. The summed E-state index contributed by atoms with van der Waals surface area (Å²) < 4.78 is 6.51. The standard InChI is InChI=1S/C30H32GeN2.C27H23ClN2/c1-18-12-23-22-9-8-19(17-30(2,3)4)14-25(22)33-26-16-21(31(5,6)7)15-20-10-11-32-28(27(20)26)24(13-18)29(23)33;1-15-9-20-19-6-5-16(14-27(2,3)4)11-22(19)30-23-13-18(28)12-17-7-8-29-25(24(17)23)21(10-15)26(20)30/h8-16H,17H2,1-7H3;5-13H,14H2,1-4H3. The molecule has 4 nitrogen and oxygen atoms in total. The monoisotopic (exact) mass is 904 g/mol. The molecule has 6 aromatic carbocycles. The first-order valence-electron chi connectivity index (χ1n) is 22.5. The molecule has 6 heterocycles. The molecule has 12 aromatic rings. The second kappa shape index (κ2) is 13.8. The van der Waals surface area contributed by atoms with E-state index in [1.807, 2.05) is 18.5 Å². The van der Waals surface area contributed by atoms with Crippen molar-refractivity contribution in [3.05, 3.63) is 137 Å². The average Bonchev–Trinajstić information content (AvgIpc) is 3.69. The van der Waals surface area contributed by atoms with Crippen molar-refractivity contribution in [1.82, 2.24) is 18.8 Å². The summed E-state index contributed by atoms with van der Waals surface area (Å²) in [6.45, 7) is 18.2. The first-order chi connectivity index (χ1) is 29.8. The Morgan fingerprint density at radius 2 is 0.937 bits per heavy atom. The molecule has 314 valence electrons. The fourth-order valence-electron chi connectivity index (χ4n) is 10.7. The van der Waals surface area contributed by atoms with Crippen molar-refractivity contribution in [2.75, 3.05) is 0 Å². The van der Waals surface area contributed by atoms with Crippen LogP contribution in [0.4, 0.5) is 0 Å². The van der Waals surface area contributed by atoms with Gasteiger partial charge in [-0.2, -0.15) is 0 Å². The molecule has 0 N–H and O–H groups in total. The van der Waals surface area contributed by atoms with Crippen molar-refractivity contribution < 1.29 is 0 Å². The summed E-state index contributed by atoms with van der Waals surface area (Å²) in [5, 5.41) is 13.4. The third-order valence-corrected chi connectivity index (χ3v) is 17.6. The smallest absolute Gasteiger partial charge is 0.0822 e. The Labute approximate surface area is 376 Å². The van der Waals surface area contributed by atoms with Gasteiger partial charge in [-0.05, 0) is 71.7 Å². The van der Waals surface area contributed by atoms with Gasteiger partial charge in [0.15, 0.2) is 0 Å². The van der Waals surface area contributed by atoms with E-state index in [-0.39, 0.29) is 10.8 Å². The van der Waals surface area contributed by atoms with Crippen LogP contribution < -0.4 is 4.40 Å². The maximum atomic E-state index is 6.57. The summed E-state index contributed by atoms with van der Waals surface area (Å²) in [6.07, 6.45) is 6.00. The van der Waals surface area contributed by atoms with Crippen LogP contribution in [0.5, 0.6) is 0 Å². The van der Waals surface area contributed by atoms with E-state index in [4.69, 9.17) is 21.6 Å². The largest absolute Gasteiger partial charge is 0.308 e. The van der Waals surface area contributed by atoms with Gasteiger partial charge in [0.1, 0.15) is 0 Å². The van der Waals surface area contributed by atoms with Crippen LogP contribution in [0.15, 0.2) is 109 Å². The molecule has 0 aliphatic carbocycles. The molecule has 0 amide bonds. The zero-order chi connectivity index (χ0) is 44.1. The van der Waals surface area contributed by atoms with Gasteiger partial charge in [-0.1, -0.05) is 44.5 Å². The molecule has 0 radical (unpaired) electrons. The van der Waals surface area contributed by atoms with Crippen LogP contribution >= 0.6 is 11.6 Å². The molecule has 0 saturated heterocycles. The minimum Gasteiger partial charge on any atom is -0.308 e. The molecular formula is C57H55ClGeN4. The van der Waals surface area contributed by atoms with E-state index in [0.29, 0.717) is 0 Å². The summed E-state index contributed by atoms with van der Waals surface area (Å²) in [6, 6.07) is 36.7.